The predicted molar refractivity (Wildman–Crippen MR) is 156 cm³/mol. The van der Waals surface area contributed by atoms with Crippen LogP contribution in [0.2, 0.25) is 0 Å². The third kappa shape index (κ3) is 7.01. The average molecular weight is 572 g/mol. The molecule has 0 saturated heterocycles. The van der Waals surface area contributed by atoms with Crippen LogP contribution in [0.4, 0.5) is 4.39 Å². The molecule has 1 fully saturated rings. The van der Waals surface area contributed by atoms with Crippen LogP contribution >= 0.6 is 0 Å². The summed E-state index contributed by atoms with van der Waals surface area (Å²) in [5.74, 6) is -0.846. The van der Waals surface area contributed by atoms with E-state index < -0.39 is 11.7 Å². The summed E-state index contributed by atoms with van der Waals surface area (Å²) in [6, 6.07) is 18.0. The number of benzene rings is 2. The Hall–Kier alpha value is -4.57. The van der Waals surface area contributed by atoms with Crippen LogP contribution in [0.5, 0.6) is 11.6 Å². The smallest absolute Gasteiger partial charge is 0.272 e. The maximum Gasteiger partial charge on any atom is 0.272 e. The second-order valence-electron chi connectivity index (χ2n) is 10.6. The summed E-state index contributed by atoms with van der Waals surface area (Å²) in [6.07, 6.45) is 4.33. The molecule has 0 radical (unpaired) electrons. The fourth-order valence-corrected chi connectivity index (χ4v) is 5.09. The van der Waals surface area contributed by atoms with Crippen LogP contribution in [-0.4, -0.2) is 50.4 Å². The minimum atomic E-state index is -0.639. The van der Waals surface area contributed by atoms with E-state index in [0.29, 0.717) is 43.5 Å². The lowest BCUT2D eigenvalue weighted by atomic mass is 9.91. The summed E-state index contributed by atoms with van der Waals surface area (Å²) in [4.78, 5) is 29.9. The number of carbonyl (C=O) groups is 2. The molecule has 2 aromatic carbocycles. The normalized spacial score (nSPS) is 16.6. The van der Waals surface area contributed by atoms with Gasteiger partial charge in [0.05, 0.1) is 6.20 Å². The van der Waals surface area contributed by atoms with Crippen molar-refractivity contribution in [3.63, 3.8) is 0 Å². The summed E-state index contributed by atoms with van der Waals surface area (Å²) >= 11 is 0. The Kier molecular flexibility index (Phi) is 8.92. The summed E-state index contributed by atoms with van der Waals surface area (Å²) in [5, 5.41) is 19.4. The number of pyridine rings is 1. The Balaban J connectivity index is 1.21. The molecule has 5 rings (SSSR count). The van der Waals surface area contributed by atoms with Gasteiger partial charge < -0.3 is 20.5 Å². The van der Waals surface area contributed by atoms with Gasteiger partial charge in [-0.1, -0.05) is 36.4 Å². The van der Waals surface area contributed by atoms with Gasteiger partial charge in [-0.2, -0.15) is 5.10 Å². The lowest BCUT2D eigenvalue weighted by Crippen LogP contribution is -2.44. The van der Waals surface area contributed by atoms with E-state index in [0.717, 1.165) is 34.6 Å². The molecule has 3 N–H and O–H groups in total. The zero-order chi connectivity index (χ0) is 29.6. The van der Waals surface area contributed by atoms with E-state index >= 15 is 0 Å². The summed E-state index contributed by atoms with van der Waals surface area (Å²) < 4.78 is 21.8. The Labute approximate surface area is 243 Å². The van der Waals surface area contributed by atoms with Crippen molar-refractivity contribution < 1.29 is 23.8 Å². The van der Waals surface area contributed by atoms with Gasteiger partial charge in [-0.25, -0.2) is 9.37 Å². The van der Waals surface area contributed by atoms with Gasteiger partial charge >= 0.3 is 0 Å². The molecule has 42 heavy (non-hydrogen) atoms. The number of amides is 2. The third-order valence-electron chi connectivity index (χ3n) is 7.54. The summed E-state index contributed by atoms with van der Waals surface area (Å²) in [7, 11) is 1.79. The van der Waals surface area contributed by atoms with E-state index in [1.807, 2.05) is 49.4 Å². The van der Waals surface area contributed by atoms with Crippen molar-refractivity contribution in [1.82, 2.24) is 25.4 Å². The fourth-order valence-electron chi connectivity index (χ4n) is 5.09. The van der Waals surface area contributed by atoms with Crippen molar-refractivity contribution in [3.8, 4) is 22.8 Å². The highest BCUT2D eigenvalue weighted by Gasteiger charge is 2.26. The fraction of sp³-hybridized carbons (Fsp3) is 0.312. The minimum Gasteiger partial charge on any atom is -0.438 e. The summed E-state index contributed by atoms with van der Waals surface area (Å²) in [6.45, 7) is 1.98. The molecule has 1 aliphatic carbocycles. The van der Waals surface area contributed by atoms with E-state index in [1.165, 1.54) is 0 Å². The SMILES string of the molecule is Cc1cc(C(=O)NC2CCC(NC(=O)c3cc(F)cnc3Oc3cccc(-c4ccc(CCO)cc4)c3)CC2)nn1C. The molecule has 10 heteroatoms. The number of nitrogens with one attached hydrogen (secondary N) is 2. The van der Waals surface area contributed by atoms with Gasteiger partial charge in [-0.15, -0.1) is 0 Å². The number of nitrogens with zero attached hydrogens (tertiary/aromatic N) is 3. The molecule has 2 amide bonds. The zero-order valence-electron chi connectivity index (χ0n) is 23.6. The van der Waals surface area contributed by atoms with Gasteiger partial charge in [0.25, 0.3) is 11.8 Å². The number of rotatable bonds is 9. The monoisotopic (exact) mass is 571 g/mol. The van der Waals surface area contributed by atoms with E-state index in [1.54, 1.807) is 23.9 Å². The molecule has 0 unspecified atom stereocenters. The zero-order valence-corrected chi connectivity index (χ0v) is 23.6. The van der Waals surface area contributed by atoms with Gasteiger partial charge in [0.2, 0.25) is 5.88 Å². The second-order valence-corrected chi connectivity index (χ2v) is 10.6. The van der Waals surface area contributed by atoms with Crippen LogP contribution in [0.25, 0.3) is 11.1 Å². The molecule has 0 aliphatic heterocycles. The van der Waals surface area contributed by atoms with Crippen LogP contribution in [0.1, 0.15) is 57.8 Å². The number of aryl methyl sites for hydroxylation is 2. The van der Waals surface area contributed by atoms with Crippen LogP contribution in [0.3, 0.4) is 0 Å². The predicted octanol–water partition coefficient (Wildman–Crippen LogP) is 4.73. The molecule has 4 aromatic rings. The number of aliphatic hydroxyl groups excluding tert-OH is 1. The van der Waals surface area contributed by atoms with E-state index in [9.17, 15) is 14.0 Å². The highest BCUT2D eigenvalue weighted by Crippen LogP contribution is 2.29. The van der Waals surface area contributed by atoms with Crippen LogP contribution in [0.15, 0.2) is 66.9 Å². The number of hydrogen-bond donors (Lipinski definition) is 3. The Morgan fingerprint density at radius 2 is 1.67 bits per heavy atom. The average Bonchev–Trinajstić information content (AvgIpc) is 3.33. The molecular formula is C32H34FN5O4. The van der Waals surface area contributed by atoms with Crippen molar-refractivity contribution in [2.45, 2.75) is 51.1 Å². The Morgan fingerprint density at radius 1 is 0.976 bits per heavy atom. The number of hydrogen-bond acceptors (Lipinski definition) is 6. The maximum absolute atomic E-state index is 14.2. The first kappa shape index (κ1) is 28.9. The number of aliphatic hydroxyl groups is 1. The summed E-state index contributed by atoms with van der Waals surface area (Å²) in [5.41, 5.74) is 4.21. The maximum atomic E-state index is 14.2. The molecule has 9 nitrogen and oxygen atoms in total. The van der Waals surface area contributed by atoms with Crippen molar-refractivity contribution in [3.05, 3.63) is 95.2 Å². The van der Waals surface area contributed by atoms with Crippen molar-refractivity contribution >= 4 is 11.8 Å². The van der Waals surface area contributed by atoms with Gasteiger partial charge in [-0.05, 0) is 80.0 Å². The molecular weight excluding hydrogens is 537 g/mol. The van der Waals surface area contributed by atoms with Crippen molar-refractivity contribution in [1.29, 1.82) is 0 Å². The first-order valence-corrected chi connectivity index (χ1v) is 14.0. The lowest BCUT2D eigenvalue weighted by Gasteiger charge is -2.29. The van der Waals surface area contributed by atoms with Crippen molar-refractivity contribution in [2.75, 3.05) is 6.61 Å². The molecule has 1 saturated carbocycles. The lowest BCUT2D eigenvalue weighted by molar-refractivity contribution is 0.0887. The molecule has 0 spiro atoms. The van der Waals surface area contributed by atoms with Crippen LogP contribution in [0, 0.1) is 12.7 Å². The Morgan fingerprint density at radius 3 is 2.31 bits per heavy atom. The molecule has 2 aromatic heterocycles. The van der Waals surface area contributed by atoms with E-state index in [-0.39, 0.29) is 36.0 Å². The first-order chi connectivity index (χ1) is 20.3. The Bertz CT molecular complexity index is 1540. The number of aromatic nitrogens is 3. The van der Waals surface area contributed by atoms with E-state index in [4.69, 9.17) is 9.84 Å². The molecule has 1 aliphatic rings. The molecule has 2 heterocycles. The quantitative estimate of drug-likeness (QED) is 0.267. The third-order valence-corrected chi connectivity index (χ3v) is 7.54. The second kappa shape index (κ2) is 12.9. The number of halogens is 1. The molecule has 0 atom stereocenters. The van der Waals surface area contributed by atoms with Crippen molar-refractivity contribution in [2.24, 2.45) is 7.05 Å². The van der Waals surface area contributed by atoms with Gasteiger partial charge in [0, 0.05) is 31.4 Å². The highest BCUT2D eigenvalue weighted by atomic mass is 19.1. The van der Waals surface area contributed by atoms with Gasteiger partial charge in [0.1, 0.15) is 22.8 Å². The highest BCUT2D eigenvalue weighted by molar-refractivity contribution is 5.96. The largest absolute Gasteiger partial charge is 0.438 e. The standard InChI is InChI=1S/C32H34FN5O4/c1-20-16-29(37-38(20)2)31(41)36-26-12-10-25(11-13-26)35-30(40)28-18-24(33)19-34-32(28)42-27-5-3-4-23(17-27)22-8-6-21(7-9-22)14-15-39/h3-9,16-19,25-26,39H,10-15H2,1-2H3,(H,35,40)(H,36,41). The minimum absolute atomic E-state index is 0.00899. The van der Waals surface area contributed by atoms with Gasteiger partial charge in [0.15, 0.2) is 0 Å². The first-order valence-electron chi connectivity index (χ1n) is 14.0. The molecule has 0 bridgehead atoms. The number of carbonyl (C=O) groups excluding carboxylic acids is 2. The van der Waals surface area contributed by atoms with Crippen LogP contribution in [-0.2, 0) is 13.5 Å². The topological polar surface area (TPSA) is 118 Å². The number of ether oxygens (including phenoxy) is 1. The van der Waals surface area contributed by atoms with E-state index in [2.05, 4.69) is 20.7 Å². The van der Waals surface area contributed by atoms with Gasteiger partial charge in [-0.3, -0.25) is 14.3 Å². The van der Waals surface area contributed by atoms with Crippen LogP contribution < -0.4 is 15.4 Å². The molecule has 218 valence electrons.